The van der Waals surface area contributed by atoms with Crippen molar-refractivity contribution in [3.63, 3.8) is 0 Å². The first-order valence-corrected chi connectivity index (χ1v) is 15.6. The van der Waals surface area contributed by atoms with Gasteiger partial charge in [-0.05, 0) is 129 Å². The summed E-state index contributed by atoms with van der Waals surface area (Å²) in [7, 11) is 0. The average molecular weight is 555 g/mol. The van der Waals surface area contributed by atoms with E-state index in [1.807, 2.05) is 0 Å². The van der Waals surface area contributed by atoms with Gasteiger partial charge in [0.2, 0.25) is 0 Å². The molecule has 0 N–H and O–H groups in total. The molecule has 0 fully saturated rings. The zero-order valence-electron chi connectivity index (χ0n) is 27.5. The number of allylic oxidation sites excluding steroid dienone is 13. The fourth-order valence-corrected chi connectivity index (χ4v) is 7.10. The first-order valence-electron chi connectivity index (χ1n) is 15.6. The molecule has 0 nitrogen and oxygen atoms in total. The maximum absolute atomic E-state index is 4.87. The standard InChI is InChI=1S/C42H50/c1-13-27(6)38-33(12)41(36-20-17-25(4)18-21-36)42(40-31(10)29(8)23-34(14-2)32(40)11)39(38)30(9)24-35(15-3)37-22-26(5)16-19-28(37)7/h13-22,29,33,35H,2-3,9,23-24H2,1,4-8,10-12H3/b27-13-. The van der Waals surface area contributed by atoms with Gasteiger partial charge in [0.15, 0.2) is 0 Å². The minimum atomic E-state index is 0.192. The summed E-state index contributed by atoms with van der Waals surface area (Å²) in [5.41, 5.74) is 20.1. The highest BCUT2D eigenvalue weighted by molar-refractivity contribution is 5.90. The monoisotopic (exact) mass is 554 g/mol. The number of hydrogen-bond donors (Lipinski definition) is 0. The van der Waals surface area contributed by atoms with Crippen LogP contribution in [0.15, 0.2) is 131 Å². The van der Waals surface area contributed by atoms with Crippen molar-refractivity contribution in [1.82, 2.24) is 0 Å². The smallest absolute Gasteiger partial charge is 0.00820 e. The second kappa shape index (κ2) is 12.7. The molecule has 218 valence electrons. The Morgan fingerprint density at radius 3 is 2.17 bits per heavy atom. The van der Waals surface area contributed by atoms with Gasteiger partial charge in [-0.1, -0.05) is 110 Å². The van der Waals surface area contributed by atoms with Crippen molar-refractivity contribution in [3.8, 4) is 0 Å². The summed E-state index contributed by atoms with van der Waals surface area (Å²) in [5.74, 6) is 0.889. The van der Waals surface area contributed by atoms with Crippen LogP contribution >= 0.6 is 0 Å². The summed E-state index contributed by atoms with van der Waals surface area (Å²) >= 11 is 0. The Morgan fingerprint density at radius 1 is 0.929 bits per heavy atom. The van der Waals surface area contributed by atoms with Crippen LogP contribution in [0, 0.1) is 32.6 Å². The molecule has 2 aromatic rings. The van der Waals surface area contributed by atoms with Crippen molar-refractivity contribution in [2.45, 2.75) is 81.1 Å². The van der Waals surface area contributed by atoms with Gasteiger partial charge in [-0.3, -0.25) is 0 Å². The third-order valence-electron chi connectivity index (χ3n) is 9.83. The summed E-state index contributed by atoms with van der Waals surface area (Å²) in [6, 6.07) is 15.9. The molecule has 2 aromatic carbocycles. The molecule has 0 saturated carbocycles. The molecule has 2 aliphatic carbocycles. The summed E-state index contributed by atoms with van der Waals surface area (Å²) < 4.78 is 0. The van der Waals surface area contributed by atoms with Gasteiger partial charge >= 0.3 is 0 Å². The van der Waals surface area contributed by atoms with E-state index in [4.69, 9.17) is 6.58 Å². The van der Waals surface area contributed by atoms with Crippen molar-refractivity contribution in [1.29, 1.82) is 0 Å². The molecule has 0 spiro atoms. The van der Waals surface area contributed by atoms with Crippen LogP contribution in [-0.4, -0.2) is 0 Å². The Kier molecular flexibility index (Phi) is 9.47. The van der Waals surface area contributed by atoms with Crippen molar-refractivity contribution in [3.05, 3.63) is 158 Å². The summed E-state index contributed by atoms with van der Waals surface area (Å²) in [4.78, 5) is 0. The quantitative estimate of drug-likeness (QED) is 0.270. The zero-order valence-corrected chi connectivity index (χ0v) is 27.5. The molecule has 0 aliphatic heterocycles. The molecule has 0 aromatic heterocycles. The number of benzene rings is 2. The molecule has 0 heteroatoms. The predicted molar refractivity (Wildman–Crippen MR) is 186 cm³/mol. The Morgan fingerprint density at radius 2 is 1.57 bits per heavy atom. The lowest BCUT2D eigenvalue weighted by atomic mass is 9.74. The van der Waals surface area contributed by atoms with Crippen molar-refractivity contribution in [2.24, 2.45) is 11.8 Å². The number of aryl methyl sites for hydroxylation is 3. The van der Waals surface area contributed by atoms with Crippen LogP contribution in [0.5, 0.6) is 0 Å². The molecule has 0 amide bonds. The van der Waals surface area contributed by atoms with Gasteiger partial charge in [0.1, 0.15) is 0 Å². The molecular formula is C42H50. The molecule has 0 bridgehead atoms. The lowest BCUT2D eigenvalue weighted by Gasteiger charge is -2.30. The third-order valence-corrected chi connectivity index (χ3v) is 9.83. The summed E-state index contributed by atoms with van der Waals surface area (Å²) in [6.07, 6.45) is 8.34. The van der Waals surface area contributed by atoms with Gasteiger partial charge in [-0.2, -0.15) is 0 Å². The topological polar surface area (TPSA) is 0 Å². The van der Waals surface area contributed by atoms with Gasteiger partial charge in [0.25, 0.3) is 0 Å². The van der Waals surface area contributed by atoms with E-state index in [1.165, 1.54) is 83.5 Å². The highest BCUT2D eigenvalue weighted by atomic mass is 14.4. The summed E-state index contributed by atoms with van der Waals surface area (Å²) in [6.45, 7) is 33.8. The van der Waals surface area contributed by atoms with E-state index in [0.717, 1.165) is 12.8 Å². The lowest BCUT2D eigenvalue weighted by molar-refractivity contribution is 0.656. The number of hydrogen-bond acceptors (Lipinski definition) is 0. The van der Waals surface area contributed by atoms with Crippen LogP contribution in [0.4, 0.5) is 0 Å². The minimum absolute atomic E-state index is 0.192. The molecule has 42 heavy (non-hydrogen) atoms. The normalized spacial score (nSPS) is 20.5. The Hall–Kier alpha value is -3.64. The molecule has 3 atom stereocenters. The van der Waals surface area contributed by atoms with Crippen molar-refractivity contribution in [2.75, 3.05) is 0 Å². The summed E-state index contributed by atoms with van der Waals surface area (Å²) in [5, 5.41) is 0. The van der Waals surface area contributed by atoms with E-state index >= 15 is 0 Å². The van der Waals surface area contributed by atoms with E-state index < -0.39 is 0 Å². The SMILES string of the molecule is C=CC1=C(C)C(C2=C(c3ccc(C)cc3)C(C)C(/C(C)=C\C)=C2C(=C)CC(C=C)c2cc(C)ccc2C)=C(C)C(C)C1. The van der Waals surface area contributed by atoms with E-state index in [9.17, 15) is 0 Å². The molecular weight excluding hydrogens is 504 g/mol. The van der Waals surface area contributed by atoms with Gasteiger partial charge < -0.3 is 0 Å². The predicted octanol–water partition coefficient (Wildman–Crippen LogP) is 12.1. The minimum Gasteiger partial charge on any atom is -0.102 e. The van der Waals surface area contributed by atoms with Crippen LogP contribution in [-0.2, 0) is 0 Å². The first-order chi connectivity index (χ1) is 19.9. The largest absolute Gasteiger partial charge is 0.102 e. The van der Waals surface area contributed by atoms with Crippen LogP contribution < -0.4 is 0 Å². The van der Waals surface area contributed by atoms with Crippen molar-refractivity contribution < 1.29 is 0 Å². The Labute approximate surface area is 256 Å². The van der Waals surface area contributed by atoms with Crippen LogP contribution in [0.2, 0.25) is 0 Å². The van der Waals surface area contributed by atoms with Gasteiger partial charge in [-0.25, -0.2) is 0 Å². The molecule has 2 aliphatic rings. The maximum Gasteiger partial charge on any atom is 0.00820 e. The van der Waals surface area contributed by atoms with Crippen LogP contribution in [0.3, 0.4) is 0 Å². The third kappa shape index (κ3) is 5.69. The van der Waals surface area contributed by atoms with E-state index in [-0.39, 0.29) is 11.8 Å². The van der Waals surface area contributed by atoms with Gasteiger partial charge in [-0.15, -0.1) is 6.58 Å². The van der Waals surface area contributed by atoms with Gasteiger partial charge in [0.05, 0.1) is 0 Å². The fourth-order valence-electron chi connectivity index (χ4n) is 7.10. The first kappa shape index (κ1) is 31.3. The highest BCUT2D eigenvalue weighted by Crippen LogP contribution is 2.54. The maximum atomic E-state index is 4.87. The highest BCUT2D eigenvalue weighted by Gasteiger charge is 2.38. The molecule has 3 unspecified atom stereocenters. The second-order valence-electron chi connectivity index (χ2n) is 12.7. The Bertz CT molecular complexity index is 1590. The number of rotatable bonds is 9. The second-order valence-corrected chi connectivity index (χ2v) is 12.7. The lowest BCUT2D eigenvalue weighted by Crippen LogP contribution is -2.14. The van der Waals surface area contributed by atoms with Gasteiger partial charge in [0, 0.05) is 11.8 Å². The Balaban J connectivity index is 2.04. The molecule has 0 heterocycles. The van der Waals surface area contributed by atoms with Crippen molar-refractivity contribution >= 4 is 5.57 Å². The molecule has 0 radical (unpaired) electrons. The molecule has 0 saturated heterocycles. The van der Waals surface area contributed by atoms with E-state index in [1.54, 1.807) is 0 Å². The molecule has 4 rings (SSSR count). The average Bonchev–Trinajstić information content (AvgIpc) is 3.27. The van der Waals surface area contributed by atoms with E-state index in [2.05, 4.69) is 136 Å². The van der Waals surface area contributed by atoms with Crippen LogP contribution in [0.25, 0.3) is 5.57 Å². The van der Waals surface area contributed by atoms with Crippen LogP contribution in [0.1, 0.15) is 88.1 Å². The fraction of sp³-hybridized carbons (Fsp3) is 0.333. The zero-order chi connectivity index (χ0) is 30.9. The van der Waals surface area contributed by atoms with E-state index in [0.29, 0.717) is 5.92 Å².